The Morgan fingerprint density at radius 1 is 1.08 bits per heavy atom. The fourth-order valence-corrected chi connectivity index (χ4v) is 4.83. The summed E-state index contributed by atoms with van der Waals surface area (Å²) in [5.74, 6) is -0.872. The molecule has 1 aromatic heterocycles. The van der Waals surface area contributed by atoms with Crippen LogP contribution in [0.25, 0.3) is 16.7 Å². The van der Waals surface area contributed by atoms with Gasteiger partial charge in [0.05, 0.1) is 18.2 Å². The number of ether oxygens (including phenoxy) is 3. The van der Waals surface area contributed by atoms with Gasteiger partial charge in [0.2, 0.25) is 6.79 Å². The van der Waals surface area contributed by atoms with E-state index < -0.39 is 17.7 Å². The number of phenolic OH excluding ortho intramolecular Hbond substituents is 1. The minimum atomic E-state index is -1.01. The molecule has 1 saturated heterocycles. The van der Waals surface area contributed by atoms with Crippen molar-refractivity contribution in [3.63, 3.8) is 0 Å². The van der Waals surface area contributed by atoms with Crippen molar-refractivity contribution in [2.75, 3.05) is 18.3 Å². The van der Waals surface area contributed by atoms with Crippen molar-refractivity contribution in [2.24, 2.45) is 0 Å². The molecule has 3 aromatic carbocycles. The molecule has 0 saturated carbocycles. The first-order valence-corrected chi connectivity index (χ1v) is 11.7. The standard InChI is InChI=1S/C28H22N2O7/c1-2-35-22-11-15(7-9-20(22)31)25-24(26(32)18-13-29-19-6-4-3-5-17(18)19)27(33)28(34)30(25)16-8-10-21-23(12-16)37-14-36-21/h3-13,25,29,31-32H,2,14H2,1H3/b26-24-. The Morgan fingerprint density at radius 2 is 1.89 bits per heavy atom. The summed E-state index contributed by atoms with van der Waals surface area (Å²) in [7, 11) is 0. The molecule has 4 aromatic rings. The molecule has 1 unspecified atom stereocenters. The lowest BCUT2D eigenvalue weighted by molar-refractivity contribution is -0.132. The zero-order valence-corrected chi connectivity index (χ0v) is 19.7. The number of nitrogens with one attached hydrogen (secondary N) is 1. The minimum absolute atomic E-state index is 0.0529. The number of aromatic amines is 1. The van der Waals surface area contributed by atoms with Crippen LogP contribution in [0.15, 0.2) is 72.4 Å². The number of para-hydroxylation sites is 1. The van der Waals surface area contributed by atoms with Crippen LogP contribution < -0.4 is 19.1 Å². The maximum absolute atomic E-state index is 13.5. The van der Waals surface area contributed by atoms with Crippen LogP contribution in [0.3, 0.4) is 0 Å². The lowest BCUT2D eigenvalue weighted by Crippen LogP contribution is -2.29. The molecule has 0 spiro atoms. The Bertz CT molecular complexity index is 1600. The highest BCUT2D eigenvalue weighted by Crippen LogP contribution is 2.46. The van der Waals surface area contributed by atoms with Crippen LogP contribution in [0.1, 0.15) is 24.1 Å². The van der Waals surface area contributed by atoms with E-state index in [4.69, 9.17) is 14.2 Å². The summed E-state index contributed by atoms with van der Waals surface area (Å²) in [6.07, 6.45) is 1.60. The summed E-state index contributed by atoms with van der Waals surface area (Å²) in [5.41, 5.74) is 1.95. The molecule has 37 heavy (non-hydrogen) atoms. The second-order valence-corrected chi connectivity index (χ2v) is 8.61. The molecule has 1 fully saturated rings. The van der Waals surface area contributed by atoms with Crippen molar-refractivity contribution in [1.82, 2.24) is 4.98 Å². The van der Waals surface area contributed by atoms with Gasteiger partial charge in [-0.3, -0.25) is 14.5 Å². The molecule has 9 nitrogen and oxygen atoms in total. The molecule has 0 aliphatic carbocycles. The number of phenols is 1. The summed E-state index contributed by atoms with van der Waals surface area (Å²) in [6, 6.07) is 15.9. The molecule has 0 radical (unpaired) electrons. The van der Waals surface area contributed by atoms with E-state index in [0.29, 0.717) is 40.3 Å². The number of Topliss-reactive ketones (excluding diaryl/α,β-unsaturated/α-hetero) is 1. The van der Waals surface area contributed by atoms with Crippen molar-refractivity contribution < 1.29 is 34.0 Å². The second-order valence-electron chi connectivity index (χ2n) is 8.61. The van der Waals surface area contributed by atoms with Crippen LogP contribution in [0.5, 0.6) is 23.0 Å². The van der Waals surface area contributed by atoms with Gasteiger partial charge in [-0.1, -0.05) is 24.3 Å². The van der Waals surface area contributed by atoms with E-state index in [1.165, 1.54) is 11.0 Å². The van der Waals surface area contributed by atoms with Gasteiger partial charge in [0.25, 0.3) is 11.7 Å². The Balaban J connectivity index is 1.58. The number of ketones is 1. The largest absolute Gasteiger partial charge is 0.507 e. The predicted octanol–water partition coefficient (Wildman–Crippen LogP) is 4.63. The molecule has 3 N–H and O–H groups in total. The van der Waals surface area contributed by atoms with Crippen LogP contribution in [0.2, 0.25) is 0 Å². The lowest BCUT2D eigenvalue weighted by atomic mass is 9.94. The first kappa shape index (κ1) is 22.5. The summed E-state index contributed by atoms with van der Waals surface area (Å²) in [6.45, 7) is 2.13. The number of amides is 1. The summed E-state index contributed by atoms with van der Waals surface area (Å²) >= 11 is 0. The maximum atomic E-state index is 13.5. The summed E-state index contributed by atoms with van der Waals surface area (Å²) in [5, 5.41) is 22.5. The van der Waals surface area contributed by atoms with Gasteiger partial charge in [-0.2, -0.15) is 0 Å². The molecular formula is C28H22N2O7. The molecule has 2 aliphatic rings. The molecule has 1 amide bonds. The van der Waals surface area contributed by atoms with E-state index in [9.17, 15) is 19.8 Å². The van der Waals surface area contributed by atoms with Crippen LogP contribution in [0.4, 0.5) is 5.69 Å². The first-order chi connectivity index (χ1) is 18.0. The number of fused-ring (bicyclic) bond motifs is 2. The van der Waals surface area contributed by atoms with Gasteiger partial charge in [-0.05, 0) is 42.8 Å². The van der Waals surface area contributed by atoms with Gasteiger partial charge in [-0.25, -0.2) is 0 Å². The van der Waals surface area contributed by atoms with Crippen LogP contribution >= 0.6 is 0 Å². The average Bonchev–Trinajstić information content (AvgIpc) is 3.61. The van der Waals surface area contributed by atoms with Gasteiger partial charge in [0.15, 0.2) is 23.0 Å². The van der Waals surface area contributed by atoms with E-state index in [1.54, 1.807) is 43.5 Å². The molecule has 2 aliphatic heterocycles. The number of H-pyrrole nitrogens is 1. The van der Waals surface area contributed by atoms with Gasteiger partial charge < -0.3 is 29.4 Å². The number of anilines is 1. The average molecular weight is 498 g/mol. The van der Waals surface area contributed by atoms with Gasteiger partial charge in [0.1, 0.15) is 5.76 Å². The van der Waals surface area contributed by atoms with E-state index in [1.807, 2.05) is 24.3 Å². The Labute approximate surface area is 211 Å². The van der Waals surface area contributed by atoms with E-state index >= 15 is 0 Å². The number of aliphatic hydroxyl groups is 1. The number of hydrogen-bond donors (Lipinski definition) is 3. The zero-order valence-electron chi connectivity index (χ0n) is 19.7. The number of rotatable bonds is 5. The molecule has 6 rings (SSSR count). The lowest BCUT2D eigenvalue weighted by Gasteiger charge is -2.26. The Hall–Kier alpha value is -4.92. The van der Waals surface area contributed by atoms with Gasteiger partial charge >= 0.3 is 0 Å². The molecule has 1 atom stereocenters. The van der Waals surface area contributed by atoms with Crippen LogP contribution in [0, 0.1) is 0 Å². The number of nitrogens with zero attached hydrogens (tertiary/aromatic N) is 1. The van der Waals surface area contributed by atoms with Crippen LogP contribution in [-0.2, 0) is 9.59 Å². The van der Waals surface area contributed by atoms with Gasteiger partial charge in [0, 0.05) is 34.4 Å². The number of hydrogen-bond acceptors (Lipinski definition) is 7. The Kier molecular flexibility index (Phi) is 5.26. The van der Waals surface area contributed by atoms with Gasteiger partial charge in [-0.15, -0.1) is 0 Å². The number of carbonyl (C=O) groups is 2. The highest BCUT2D eigenvalue weighted by Gasteiger charge is 2.47. The topological polar surface area (TPSA) is 121 Å². The predicted molar refractivity (Wildman–Crippen MR) is 135 cm³/mol. The van der Waals surface area contributed by atoms with E-state index in [0.717, 1.165) is 5.52 Å². The number of carbonyl (C=O) groups excluding carboxylic acids is 2. The number of aromatic hydroxyl groups is 1. The molecule has 186 valence electrons. The fourth-order valence-electron chi connectivity index (χ4n) is 4.83. The second kappa shape index (κ2) is 8.63. The van der Waals surface area contributed by atoms with Crippen molar-refractivity contribution in [1.29, 1.82) is 0 Å². The fraction of sp³-hybridized carbons (Fsp3) is 0.143. The summed E-state index contributed by atoms with van der Waals surface area (Å²) in [4.78, 5) is 31.4. The third-order valence-electron chi connectivity index (χ3n) is 6.52. The molecular weight excluding hydrogens is 476 g/mol. The van der Waals surface area contributed by atoms with Crippen molar-refractivity contribution in [3.8, 4) is 23.0 Å². The van der Waals surface area contributed by atoms with Crippen molar-refractivity contribution in [3.05, 3.63) is 83.6 Å². The van der Waals surface area contributed by atoms with E-state index in [-0.39, 0.29) is 29.6 Å². The van der Waals surface area contributed by atoms with Crippen molar-refractivity contribution in [2.45, 2.75) is 13.0 Å². The highest BCUT2D eigenvalue weighted by molar-refractivity contribution is 6.51. The quantitative estimate of drug-likeness (QED) is 0.208. The third-order valence-corrected chi connectivity index (χ3v) is 6.52. The smallest absolute Gasteiger partial charge is 0.300 e. The number of aliphatic hydroxyl groups excluding tert-OH is 1. The Morgan fingerprint density at radius 3 is 2.73 bits per heavy atom. The van der Waals surface area contributed by atoms with Crippen LogP contribution in [-0.4, -0.2) is 40.3 Å². The molecule has 3 heterocycles. The molecule has 0 bridgehead atoms. The highest BCUT2D eigenvalue weighted by atomic mass is 16.7. The zero-order chi connectivity index (χ0) is 25.7. The third kappa shape index (κ3) is 3.55. The summed E-state index contributed by atoms with van der Waals surface area (Å²) < 4.78 is 16.4. The molecule has 9 heteroatoms. The number of aromatic nitrogens is 1. The first-order valence-electron chi connectivity index (χ1n) is 11.7. The normalized spacial score (nSPS) is 18.1. The number of benzene rings is 3. The maximum Gasteiger partial charge on any atom is 0.300 e. The monoisotopic (exact) mass is 498 g/mol. The SMILES string of the molecule is CCOc1cc(C2/C(=C(/O)c3c[nH]c4ccccc34)C(=O)C(=O)N2c2ccc3c(c2)OCO3)ccc1O. The van der Waals surface area contributed by atoms with E-state index in [2.05, 4.69) is 4.98 Å². The van der Waals surface area contributed by atoms with Crippen molar-refractivity contribution >= 4 is 34.0 Å². The minimum Gasteiger partial charge on any atom is -0.507 e.